The molecule has 2 aromatic carbocycles. The summed E-state index contributed by atoms with van der Waals surface area (Å²) in [7, 11) is -3.77. The zero-order chi connectivity index (χ0) is 19.7. The summed E-state index contributed by atoms with van der Waals surface area (Å²) in [5, 5.41) is 3.39. The molecule has 2 fully saturated rings. The highest BCUT2D eigenvalue weighted by Gasteiger charge is 2.39. The lowest BCUT2D eigenvalue weighted by Crippen LogP contribution is -2.42. The zero-order valence-electron chi connectivity index (χ0n) is 15.9. The molecule has 2 aliphatic rings. The number of aryl methyl sites for hydroxylation is 1. The minimum absolute atomic E-state index is 0.0987. The lowest BCUT2D eigenvalue weighted by atomic mass is 10.1. The number of benzene rings is 2. The predicted molar refractivity (Wildman–Crippen MR) is 109 cm³/mol. The molecule has 0 aliphatic carbocycles. The van der Waals surface area contributed by atoms with E-state index in [9.17, 15) is 13.2 Å². The van der Waals surface area contributed by atoms with E-state index in [1.54, 1.807) is 48.5 Å². The molecule has 7 heteroatoms. The monoisotopic (exact) mass is 399 g/mol. The second kappa shape index (κ2) is 7.56. The quantitative estimate of drug-likeness (QED) is 0.829. The molecular formula is C21H25N3O3S. The summed E-state index contributed by atoms with van der Waals surface area (Å²) in [5.74, 6) is -0.0987. The molecule has 2 saturated heterocycles. The summed E-state index contributed by atoms with van der Waals surface area (Å²) in [4.78, 5) is 15.5. The summed E-state index contributed by atoms with van der Waals surface area (Å²) < 4.78 is 28.2. The third-order valence-corrected chi connectivity index (χ3v) is 7.00. The van der Waals surface area contributed by atoms with Crippen molar-refractivity contribution in [2.45, 2.75) is 43.2 Å². The minimum atomic E-state index is -3.77. The van der Waals surface area contributed by atoms with Gasteiger partial charge >= 0.3 is 0 Å². The van der Waals surface area contributed by atoms with Gasteiger partial charge in [-0.1, -0.05) is 29.8 Å². The molecule has 2 bridgehead atoms. The number of rotatable bonds is 4. The van der Waals surface area contributed by atoms with Crippen LogP contribution in [0.15, 0.2) is 53.4 Å². The number of sulfonamides is 1. The van der Waals surface area contributed by atoms with E-state index < -0.39 is 10.0 Å². The predicted octanol–water partition coefficient (Wildman–Crippen LogP) is 2.76. The Balaban J connectivity index is 1.64. The van der Waals surface area contributed by atoms with Crippen LogP contribution in [0.4, 0.5) is 5.69 Å². The van der Waals surface area contributed by atoms with Crippen LogP contribution in [-0.4, -0.2) is 44.4 Å². The van der Waals surface area contributed by atoms with Gasteiger partial charge in [0.25, 0.3) is 15.9 Å². The van der Waals surface area contributed by atoms with Gasteiger partial charge in [0.1, 0.15) is 0 Å². The van der Waals surface area contributed by atoms with E-state index in [-0.39, 0.29) is 22.9 Å². The van der Waals surface area contributed by atoms with E-state index >= 15 is 0 Å². The molecule has 2 atom stereocenters. The Bertz CT molecular complexity index is 959. The maximum Gasteiger partial charge on any atom is 0.261 e. The Morgan fingerprint density at radius 2 is 1.75 bits per heavy atom. The fourth-order valence-corrected chi connectivity index (χ4v) is 5.21. The van der Waals surface area contributed by atoms with Gasteiger partial charge in [0.05, 0.1) is 16.1 Å². The highest BCUT2D eigenvalue weighted by Crippen LogP contribution is 2.31. The van der Waals surface area contributed by atoms with Gasteiger partial charge in [0, 0.05) is 18.6 Å². The maximum atomic E-state index is 13.4. The molecule has 4 rings (SSSR count). The van der Waals surface area contributed by atoms with Crippen molar-refractivity contribution in [1.29, 1.82) is 0 Å². The second-order valence-corrected chi connectivity index (χ2v) is 9.24. The molecule has 0 radical (unpaired) electrons. The molecule has 2 heterocycles. The lowest BCUT2D eigenvalue weighted by molar-refractivity contribution is 0.0681. The van der Waals surface area contributed by atoms with Gasteiger partial charge in [-0.3, -0.25) is 9.52 Å². The SMILES string of the molecule is Cc1ccc(S(=O)(=O)Nc2ccccc2C(=O)N2C3CCNCC2CC3)cc1. The summed E-state index contributed by atoms with van der Waals surface area (Å²) in [6.07, 6.45) is 2.93. The molecule has 2 aromatic rings. The fourth-order valence-electron chi connectivity index (χ4n) is 4.13. The number of anilines is 1. The number of hydrogen-bond donors (Lipinski definition) is 2. The summed E-state index contributed by atoms with van der Waals surface area (Å²) in [6.45, 7) is 3.61. The van der Waals surface area contributed by atoms with Gasteiger partial charge in [-0.25, -0.2) is 8.42 Å². The first-order valence-corrected chi connectivity index (χ1v) is 11.2. The largest absolute Gasteiger partial charge is 0.331 e. The van der Waals surface area contributed by atoms with E-state index in [1.807, 2.05) is 11.8 Å². The van der Waals surface area contributed by atoms with Crippen molar-refractivity contribution in [3.05, 3.63) is 59.7 Å². The van der Waals surface area contributed by atoms with Crippen LogP contribution in [0.25, 0.3) is 0 Å². The third-order valence-electron chi connectivity index (χ3n) is 5.62. The van der Waals surface area contributed by atoms with Crippen LogP contribution in [-0.2, 0) is 10.0 Å². The second-order valence-electron chi connectivity index (χ2n) is 7.55. The average Bonchev–Trinajstić information content (AvgIpc) is 2.94. The number of nitrogens with one attached hydrogen (secondary N) is 2. The molecule has 6 nitrogen and oxygen atoms in total. The van der Waals surface area contributed by atoms with E-state index in [0.29, 0.717) is 11.3 Å². The van der Waals surface area contributed by atoms with E-state index in [0.717, 1.165) is 37.9 Å². The van der Waals surface area contributed by atoms with Crippen LogP contribution >= 0.6 is 0 Å². The van der Waals surface area contributed by atoms with E-state index in [4.69, 9.17) is 0 Å². The van der Waals surface area contributed by atoms with Crippen molar-refractivity contribution in [3.8, 4) is 0 Å². The Hall–Kier alpha value is -2.38. The van der Waals surface area contributed by atoms with E-state index in [2.05, 4.69) is 10.0 Å². The molecule has 2 aliphatic heterocycles. The Morgan fingerprint density at radius 1 is 1.04 bits per heavy atom. The van der Waals surface area contributed by atoms with Gasteiger partial charge in [-0.05, 0) is 57.0 Å². The Kier molecular flexibility index (Phi) is 5.12. The molecule has 0 saturated carbocycles. The molecule has 28 heavy (non-hydrogen) atoms. The number of fused-ring (bicyclic) bond motifs is 2. The standard InChI is InChI=1S/C21H25N3O3S/c1-15-6-10-18(11-7-15)28(26,27)23-20-5-3-2-4-19(20)21(25)24-16-8-9-17(24)14-22-13-12-16/h2-7,10-11,16-17,22-23H,8-9,12-14H2,1H3. The fraction of sp³-hybridized carbons (Fsp3) is 0.381. The Labute approximate surface area is 166 Å². The maximum absolute atomic E-state index is 13.4. The first-order valence-electron chi connectivity index (χ1n) is 9.67. The minimum Gasteiger partial charge on any atom is -0.331 e. The molecule has 0 spiro atoms. The van der Waals surface area contributed by atoms with Gasteiger partial charge < -0.3 is 10.2 Å². The number of para-hydroxylation sites is 1. The van der Waals surface area contributed by atoms with Crippen LogP contribution in [0.1, 0.15) is 35.2 Å². The van der Waals surface area contributed by atoms with Gasteiger partial charge in [0.2, 0.25) is 0 Å². The molecular weight excluding hydrogens is 374 g/mol. The molecule has 2 N–H and O–H groups in total. The van der Waals surface area contributed by atoms with Gasteiger partial charge in [-0.15, -0.1) is 0 Å². The molecule has 148 valence electrons. The van der Waals surface area contributed by atoms with Crippen molar-refractivity contribution >= 4 is 21.6 Å². The zero-order valence-corrected chi connectivity index (χ0v) is 16.7. The number of amides is 1. The van der Waals surface area contributed by atoms with Crippen molar-refractivity contribution in [3.63, 3.8) is 0 Å². The van der Waals surface area contributed by atoms with Crippen LogP contribution in [0, 0.1) is 6.92 Å². The molecule has 1 amide bonds. The topological polar surface area (TPSA) is 78.5 Å². The first kappa shape index (κ1) is 19.0. The smallest absolute Gasteiger partial charge is 0.261 e. The number of carbonyl (C=O) groups excluding carboxylic acids is 1. The van der Waals surface area contributed by atoms with Crippen molar-refractivity contribution in [1.82, 2.24) is 10.2 Å². The van der Waals surface area contributed by atoms with Gasteiger partial charge in [-0.2, -0.15) is 0 Å². The molecule has 2 unspecified atom stereocenters. The average molecular weight is 400 g/mol. The number of carbonyl (C=O) groups is 1. The summed E-state index contributed by atoms with van der Waals surface area (Å²) in [5.41, 5.74) is 1.71. The van der Waals surface area contributed by atoms with Crippen LogP contribution < -0.4 is 10.0 Å². The van der Waals surface area contributed by atoms with Crippen LogP contribution in [0.5, 0.6) is 0 Å². The number of hydrogen-bond acceptors (Lipinski definition) is 4. The van der Waals surface area contributed by atoms with Crippen molar-refractivity contribution in [2.75, 3.05) is 17.8 Å². The highest BCUT2D eigenvalue weighted by molar-refractivity contribution is 7.92. The van der Waals surface area contributed by atoms with Crippen molar-refractivity contribution in [2.24, 2.45) is 0 Å². The van der Waals surface area contributed by atoms with Crippen molar-refractivity contribution < 1.29 is 13.2 Å². The third kappa shape index (κ3) is 3.64. The first-order chi connectivity index (χ1) is 13.5. The lowest BCUT2D eigenvalue weighted by Gasteiger charge is -2.28. The number of nitrogens with zero attached hydrogens (tertiary/aromatic N) is 1. The summed E-state index contributed by atoms with van der Waals surface area (Å²) in [6, 6.07) is 13.9. The normalized spacial score (nSPS) is 22.0. The highest BCUT2D eigenvalue weighted by atomic mass is 32.2. The molecule has 0 aromatic heterocycles. The Morgan fingerprint density at radius 3 is 2.54 bits per heavy atom. The van der Waals surface area contributed by atoms with Gasteiger partial charge in [0.15, 0.2) is 0 Å². The van der Waals surface area contributed by atoms with E-state index in [1.165, 1.54) is 0 Å². The van der Waals surface area contributed by atoms with Crippen LogP contribution in [0.2, 0.25) is 0 Å². The summed E-state index contributed by atoms with van der Waals surface area (Å²) >= 11 is 0. The van der Waals surface area contributed by atoms with Crippen LogP contribution in [0.3, 0.4) is 0 Å².